The molecule has 1 N–H and O–H groups in total. The summed E-state index contributed by atoms with van der Waals surface area (Å²) in [7, 11) is 0. The monoisotopic (exact) mass is 303 g/mol. The van der Waals surface area contributed by atoms with Gasteiger partial charge in [-0.2, -0.15) is 5.10 Å². The molecule has 0 atom stereocenters. The zero-order valence-corrected chi connectivity index (χ0v) is 9.91. The first-order valence-corrected chi connectivity index (χ1v) is 5.55. The smallest absolute Gasteiger partial charge is 0.276 e. The molecule has 0 aliphatic heterocycles. The van der Waals surface area contributed by atoms with Gasteiger partial charge in [0.15, 0.2) is 0 Å². The SMILES string of the molecule is CCCc1cc(I)c2c(=O)[nH]cnn12. The molecular formula is C9H10IN3O. The van der Waals surface area contributed by atoms with Crippen molar-refractivity contribution < 1.29 is 0 Å². The van der Waals surface area contributed by atoms with E-state index in [4.69, 9.17) is 0 Å². The predicted molar refractivity (Wildman–Crippen MR) is 62.5 cm³/mol. The highest BCUT2D eigenvalue weighted by atomic mass is 127. The van der Waals surface area contributed by atoms with Crippen LogP contribution < -0.4 is 5.56 Å². The maximum absolute atomic E-state index is 11.5. The summed E-state index contributed by atoms with van der Waals surface area (Å²) in [5.41, 5.74) is 1.67. The summed E-state index contributed by atoms with van der Waals surface area (Å²) in [6.45, 7) is 2.11. The fourth-order valence-corrected chi connectivity index (χ4v) is 2.34. The molecule has 0 unspecified atom stereocenters. The molecule has 2 heterocycles. The van der Waals surface area contributed by atoms with Crippen molar-refractivity contribution in [2.75, 3.05) is 0 Å². The fraction of sp³-hybridized carbons (Fsp3) is 0.333. The second-order valence-corrected chi connectivity index (χ2v) is 4.27. The molecule has 2 aromatic rings. The molecule has 0 radical (unpaired) electrons. The van der Waals surface area contributed by atoms with Gasteiger partial charge in [0, 0.05) is 9.26 Å². The molecule has 0 saturated heterocycles. The third-order valence-electron chi connectivity index (χ3n) is 2.09. The summed E-state index contributed by atoms with van der Waals surface area (Å²) in [6.07, 6.45) is 3.43. The molecule has 0 amide bonds. The van der Waals surface area contributed by atoms with E-state index >= 15 is 0 Å². The van der Waals surface area contributed by atoms with E-state index in [2.05, 4.69) is 39.6 Å². The Labute approximate surface area is 94.5 Å². The minimum absolute atomic E-state index is 0.0771. The van der Waals surface area contributed by atoms with E-state index in [0.717, 1.165) is 22.1 Å². The summed E-state index contributed by atoms with van der Waals surface area (Å²) in [6, 6.07) is 2.02. The predicted octanol–water partition coefficient (Wildman–Crippen LogP) is 1.58. The first-order chi connectivity index (χ1) is 6.74. The van der Waals surface area contributed by atoms with Crippen LogP contribution in [0, 0.1) is 3.57 Å². The molecule has 14 heavy (non-hydrogen) atoms. The molecule has 0 aromatic carbocycles. The number of nitrogens with one attached hydrogen (secondary N) is 1. The average molecular weight is 303 g/mol. The molecule has 0 spiro atoms. The van der Waals surface area contributed by atoms with E-state index in [1.54, 1.807) is 4.52 Å². The normalized spacial score (nSPS) is 11.0. The number of aromatic amines is 1. The minimum atomic E-state index is -0.0771. The van der Waals surface area contributed by atoms with Gasteiger partial charge in [-0.1, -0.05) is 13.3 Å². The second-order valence-electron chi connectivity index (χ2n) is 3.11. The lowest BCUT2D eigenvalue weighted by Crippen LogP contribution is -2.12. The molecule has 2 aromatic heterocycles. The maximum Gasteiger partial charge on any atom is 0.276 e. The van der Waals surface area contributed by atoms with Crippen LogP contribution >= 0.6 is 22.6 Å². The fourth-order valence-electron chi connectivity index (χ4n) is 1.50. The molecule has 5 heteroatoms. The van der Waals surface area contributed by atoms with Crippen molar-refractivity contribution in [2.24, 2.45) is 0 Å². The van der Waals surface area contributed by atoms with E-state index in [9.17, 15) is 4.79 Å². The Bertz CT molecular complexity index is 514. The second kappa shape index (κ2) is 3.72. The van der Waals surface area contributed by atoms with Crippen molar-refractivity contribution in [3.8, 4) is 0 Å². The maximum atomic E-state index is 11.5. The van der Waals surface area contributed by atoms with Crippen molar-refractivity contribution in [1.29, 1.82) is 0 Å². The third-order valence-corrected chi connectivity index (χ3v) is 2.92. The number of H-pyrrole nitrogens is 1. The largest absolute Gasteiger partial charge is 0.310 e. The summed E-state index contributed by atoms with van der Waals surface area (Å²) in [5.74, 6) is 0. The van der Waals surface area contributed by atoms with Crippen LogP contribution in [0.4, 0.5) is 0 Å². The number of fused-ring (bicyclic) bond motifs is 1. The Morgan fingerprint density at radius 2 is 2.43 bits per heavy atom. The summed E-state index contributed by atoms with van der Waals surface area (Å²) < 4.78 is 2.68. The van der Waals surface area contributed by atoms with Crippen molar-refractivity contribution in [1.82, 2.24) is 14.6 Å². The van der Waals surface area contributed by atoms with Gasteiger partial charge < -0.3 is 4.98 Å². The Hall–Kier alpha value is -0.850. The zero-order valence-electron chi connectivity index (χ0n) is 7.75. The highest BCUT2D eigenvalue weighted by molar-refractivity contribution is 14.1. The average Bonchev–Trinajstić information content (AvgIpc) is 2.46. The zero-order chi connectivity index (χ0) is 10.1. The summed E-state index contributed by atoms with van der Waals surface area (Å²) in [5, 5.41) is 4.14. The highest BCUT2D eigenvalue weighted by Gasteiger charge is 2.09. The van der Waals surface area contributed by atoms with Crippen LogP contribution in [-0.4, -0.2) is 14.6 Å². The van der Waals surface area contributed by atoms with E-state index in [1.807, 2.05) is 6.07 Å². The van der Waals surface area contributed by atoms with E-state index in [1.165, 1.54) is 6.33 Å². The number of rotatable bonds is 2. The van der Waals surface area contributed by atoms with Gasteiger partial charge in [-0.15, -0.1) is 0 Å². The first kappa shape index (κ1) is 9.70. The Kier molecular flexibility index (Phi) is 2.58. The lowest BCUT2D eigenvalue weighted by Gasteiger charge is -1.97. The van der Waals surface area contributed by atoms with Gasteiger partial charge in [0.1, 0.15) is 11.8 Å². The van der Waals surface area contributed by atoms with Gasteiger partial charge in [0.25, 0.3) is 5.56 Å². The quantitative estimate of drug-likeness (QED) is 0.856. The van der Waals surface area contributed by atoms with Crippen LogP contribution in [-0.2, 0) is 6.42 Å². The van der Waals surface area contributed by atoms with Crippen molar-refractivity contribution in [3.05, 3.63) is 32.0 Å². The molecule has 0 bridgehead atoms. The van der Waals surface area contributed by atoms with Gasteiger partial charge in [-0.25, -0.2) is 4.52 Å². The van der Waals surface area contributed by atoms with E-state index < -0.39 is 0 Å². The summed E-state index contributed by atoms with van der Waals surface area (Å²) in [4.78, 5) is 14.1. The number of halogens is 1. The first-order valence-electron chi connectivity index (χ1n) is 4.48. The molecular weight excluding hydrogens is 293 g/mol. The third kappa shape index (κ3) is 1.45. The van der Waals surface area contributed by atoms with Crippen LogP contribution in [0.1, 0.15) is 19.0 Å². The number of hydrogen-bond donors (Lipinski definition) is 1. The van der Waals surface area contributed by atoms with Crippen molar-refractivity contribution >= 4 is 28.1 Å². The van der Waals surface area contributed by atoms with Crippen LogP contribution in [0.5, 0.6) is 0 Å². The Balaban J connectivity index is 2.77. The van der Waals surface area contributed by atoms with Gasteiger partial charge in [-0.05, 0) is 35.1 Å². The standard InChI is InChI=1S/C9H10IN3O/c1-2-3-6-4-7(10)8-9(14)11-5-12-13(6)8/h4-5H,2-3H2,1H3,(H,11,12,14). The highest BCUT2D eigenvalue weighted by Crippen LogP contribution is 2.15. The number of aromatic nitrogens is 3. The van der Waals surface area contributed by atoms with Crippen LogP contribution in [0.15, 0.2) is 17.2 Å². The Morgan fingerprint density at radius 1 is 1.64 bits per heavy atom. The molecule has 74 valence electrons. The van der Waals surface area contributed by atoms with Gasteiger partial charge in [-0.3, -0.25) is 4.79 Å². The summed E-state index contributed by atoms with van der Waals surface area (Å²) >= 11 is 2.16. The molecule has 0 saturated carbocycles. The van der Waals surface area contributed by atoms with E-state index in [0.29, 0.717) is 5.52 Å². The number of aryl methyl sites for hydroxylation is 1. The molecule has 0 aliphatic carbocycles. The lowest BCUT2D eigenvalue weighted by molar-refractivity contribution is 0.788. The molecule has 0 fully saturated rings. The van der Waals surface area contributed by atoms with Crippen LogP contribution in [0.25, 0.3) is 5.52 Å². The van der Waals surface area contributed by atoms with Gasteiger partial charge >= 0.3 is 0 Å². The molecule has 4 nitrogen and oxygen atoms in total. The van der Waals surface area contributed by atoms with Crippen molar-refractivity contribution in [3.63, 3.8) is 0 Å². The van der Waals surface area contributed by atoms with E-state index in [-0.39, 0.29) is 5.56 Å². The van der Waals surface area contributed by atoms with Gasteiger partial charge in [0.05, 0.1) is 0 Å². The number of hydrogen-bond acceptors (Lipinski definition) is 2. The minimum Gasteiger partial charge on any atom is -0.310 e. The van der Waals surface area contributed by atoms with Crippen LogP contribution in [0.3, 0.4) is 0 Å². The molecule has 2 rings (SSSR count). The number of nitrogens with zero attached hydrogens (tertiary/aromatic N) is 2. The van der Waals surface area contributed by atoms with Gasteiger partial charge in [0.2, 0.25) is 0 Å². The topological polar surface area (TPSA) is 50.2 Å². The molecule has 0 aliphatic rings. The van der Waals surface area contributed by atoms with Crippen molar-refractivity contribution in [2.45, 2.75) is 19.8 Å². The Morgan fingerprint density at radius 3 is 3.14 bits per heavy atom. The lowest BCUT2D eigenvalue weighted by atomic mass is 10.3. The van der Waals surface area contributed by atoms with Crippen LogP contribution in [0.2, 0.25) is 0 Å².